The van der Waals surface area contributed by atoms with Crippen molar-refractivity contribution in [1.29, 1.82) is 0 Å². The fourth-order valence-corrected chi connectivity index (χ4v) is 4.99. The number of fused-ring (bicyclic) bond motifs is 5. The molecule has 4 heteroatoms. The fourth-order valence-electron chi connectivity index (χ4n) is 4.99. The molecule has 4 nitrogen and oxygen atoms in total. The number of rotatable bonds is 3. The highest BCUT2D eigenvalue weighted by atomic mass is 15.3. The van der Waals surface area contributed by atoms with E-state index in [4.69, 9.17) is 4.98 Å². The summed E-state index contributed by atoms with van der Waals surface area (Å²) in [6, 6.07) is 12.1. The maximum atomic E-state index is 4.91. The van der Waals surface area contributed by atoms with Crippen molar-refractivity contribution in [2.24, 2.45) is 0 Å². The lowest BCUT2D eigenvalue weighted by Crippen LogP contribution is -2.29. The predicted octanol–water partition coefficient (Wildman–Crippen LogP) is 4.58. The Labute approximate surface area is 149 Å². The van der Waals surface area contributed by atoms with Gasteiger partial charge in [-0.1, -0.05) is 43.5 Å². The summed E-state index contributed by atoms with van der Waals surface area (Å²) in [6.07, 6.45) is 7.73. The van der Waals surface area contributed by atoms with Crippen LogP contribution in [0.4, 0.5) is 11.8 Å². The molecule has 1 saturated heterocycles. The normalized spacial score (nSPS) is 25.2. The second kappa shape index (κ2) is 6.01. The van der Waals surface area contributed by atoms with Crippen LogP contribution in [0.2, 0.25) is 0 Å². The van der Waals surface area contributed by atoms with E-state index in [1.165, 1.54) is 44.1 Å². The van der Waals surface area contributed by atoms with Crippen LogP contribution in [0.15, 0.2) is 30.3 Å². The first-order valence-electron chi connectivity index (χ1n) is 9.75. The van der Waals surface area contributed by atoms with Crippen LogP contribution in [0.25, 0.3) is 0 Å². The molecule has 1 aromatic heterocycles. The van der Waals surface area contributed by atoms with Gasteiger partial charge in [0.15, 0.2) is 0 Å². The molecular formula is C21H26N4. The molecule has 2 heterocycles. The number of aromatic nitrogens is 2. The van der Waals surface area contributed by atoms with Gasteiger partial charge in [0.25, 0.3) is 0 Å². The highest BCUT2D eigenvalue weighted by Gasteiger charge is 2.42. The smallest absolute Gasteiger partial charge is 0.225 e. The third kappa shape index (κ3) is 2.68. The molecule has 25 heavy (non-hydrogen) atoms. The molecule has 130 valence electrons. The largest absolute Gasteiger partial charge is 0.351 e. The second-order valence-corrected chi connectivity index (χ2v) is 7.90. The van der Waals surface area contributed by atoms with Gasteiger partial charge in [-0.05, 0) is 37.3 Å². The summed E-state index contributed by atoms with van der Waals surface area (Å²) in [5, 5.41) is 3.60. The minimum Gasteiger partial charge on any atom is -0.351 e. The Hall–Kier alpha value is -2.10. The maximum Gasteiger partial charge on any atom is 0.225 e. The summed E-state index contributed by atoms with van der Waals surface area (Å²) < 4.78 is 0. The summed E-state index contributed by atoms with van der Waals surface area (Å²) in [6.45, 7) is 3.17. The van der Waals surface area contributed by atoms with Gasteiger partial charge in [0.2, 0.25) is 5.95 Å². The number of aryl methyl sites for hydroxylation is 1. The summed E-state index contributed by atoms with van der Waals surface area (Å²) >= 11 is 0. The Balaban J connectivity index is 1.41. The Morgan fingerprint density at radius 3 is 2.68 bits per heavy atom. The molecule has 2 atom stereocenters. The van der Waals surface area contributed by atoms with Crippen LogP contribution in [0.3, 0.4) is 0 Å². The van der Waals surface area contributed by atoms with Crippen LogP contribution >= 0.6 is 0 Å². The lowest BCUT2D eigenvalue weighted by Gasteiger charge is -2.30. The first-order chi connectivity index (χ1) is 12.3. The highest BCUT2D eigenvalue weighted by molar-refractivity contribution is 5.55. The molecule has 0 radical (unpaired) electrons. The van der Waals surface area contributed by atoms with Crippen molar-refractivity contribution in [1.82, 2.24) is 9.97 Å². The average Bonchev–Trinajstić information content (AvgIpc) is 3.22. The molecule has 5 rings (SSSR count). The number of anilines is 2. The number of nitrogens with one attached hydrogen (secondary N) is 1. The fraction of sp³-hybridized carbons (Fsp3) is 0.524. The molecule has 0 unspecified atom stereocenters. The van der Waals surface area contributed by atoms with Gasteiger partial charge in [-0.2, -0.15) is 4.98 Å². The van der Waals surface area contributed by atoms with Gasteiger partial charge in [-0.25, -0.2) is 4.98 Å². The van der Waals surface area contributed by atoms with Gasteiger partial charge >= 0.3 is 0 Å². The molecule has 2 bridgehead atoms. The molecule has 1 aromatic carbocycles. The van der Waals surface area contributed by atoms with E-state index in [0.717, 1.165) is 24.0 Å². The molecule has 0 spiro atoms. The SMILES string of the molecule is Cc1cc(N2C[C@H]3C[C@H]2c2ccccc23)nc(NC2CCCCC2)n1. The number of benzene rings is 1. The minimum atomic E-state index is 0.484. The van der Waals surface area contributed by atoms with Crippen molar-refractivity contribution < 1.29 is 0 Å². The topological polar surface area (TPSA) is 41.1 Å². The molecule has 2 aliphatic carbocycles. The summed E-state index contributed by atoms with van der Waals surface area (Å²) in [5.41, 5.74) is 4.10. The van der Waals surface area contributed by atoms with E-state index in [1.54, 1.807) is 5.56 Å². The van der Waals surface area contributed by atoms with Crippen molar-refractivity contribution in [3.8, 4) is 0 Å². The summed E-state index contributed by atoms with van der Waals surface area (Å²) in [4.78, 5) is 12.1. The molecule has 1 aliphatic heterocycles. The standard InChI is InChI=1S/C21H26N4/c1-14-11-20(24-21(22-14)23-16-7-3-2-4-8-16)25-13-15-12-19(25)18-10-6-5-9-17(15)18/h5-6,9-11,15-16,19H,2-4,7-8,12-13H2,1H3,(H,22,23,24)/t15-,19+/m1/s1. The Morgan fingerprint density at radius 2 is 1.84 bits per heavy atom. The van der Waals surface area contributed by atoms with Crippen molar-refractivity contribution >= 4 is 11.8 Å². The van der Waals surface area contributed by atoms with Crippen LogP contribution in [0.5, 0.6) is 0 Å². The first-order valence-corrected chi connectivity index (χ1v) is 9.75. The monoisotopic (exact) mass is 334 g/mol. The van der Waals surface area contributed by atoms with Crippen LogP contribution in [0, 0.1) is 6.92 Å². The van der Waals surface area contributed by atoms with Crippen LogP contribution in [-0.4, -0.2) is 22.6 Å². The summed E-state index contributed by atoms with van der Waals surface area (Å²) in [7, 11) is 0. The molecule has 1 saturated carbocycles. The Kier molecular flexibility index (Phi) is 3.65. The van der Waals surface area contributed by atoms with Crippen molar-refractivity contribution in [2.75, 3.05) is 16.8 Å². The average molecular weight is 334 g/mol. The van der Waals surface area contributed by atoms with Crippen LogP contribution < -0.4 is 10.2 Å². The molecule has 2 fully saturated rings. The predicted molar refractivity (Wildman–Crippen MR) is 101 cm³/mol. The van der Waals surface area contributed by atoms with Gasteiger partial charge in [0.1, 0.15) is 5.82 Å². The Morgan fingerprint density at radius 1 is 1.04 bits per heavy atom. The molecule has 1 N–H and O–H groups in total. The molecule has 0 amide bonds. The van der Waals surface area contributed by atoms with Gasteiger partial charge in [0, 0.05) is 30.3 Å². The molecular weight excluding hydrogens is 308 g/mol. The van der Waals surface area contributed by atoms with E-state index >= 15 is 0 Å². The van der Waals surface area contributed by atoms with Gasteiger partial charge in [-0.3, -0.25) is 0 Å². The molecule has 3 aliphatic rings. The lowest BCUT2D eigenvalue weighted by molar-refractivity contribution is 0.460. The lowest BCUT2D eigenvalue weighted by atomic mass is 9.96. The zero-order chi connectivity index (χ0) is 16.8. The van der Waals surface area contributed by atoms with E-state index in [0.29, 0.717) is 18.0 Å². The quantitative estimate of drug-likeness (QED) is 0.892. The van der Waals surface area contributed by atoms with Gasteiger partial charge in [-0.15, -0.1) is 0 Å². The zero-order valence-corrected chi connectivity index (χ0v) is 14.9. The van der Waals surface area contributed by atoms with E-state index in [1.807, 2.05) is 0 Å². The third-order valence-corrected chi connectivity index (χ3v) is 6.17. The maximum absolute atomic E-state index is 4.91. The van der Waals surface area contributed by atoms with E-state index in [-0.39, 0.29) is 0 Å². The van der Waals surface area contributed by atoms with Crippen LogP contribution in [-0.2, 0) is 0 Å². The molecule has 2 aromatic rings. The number of nitrogens with zero attached hydrogens (tertiary/aromatic N) is 3. The minimum absolute atomic E-state index is 0.484. The Bertz CT molecular complexity index is 781. The van der Waals surface area contributed by atoms with Crippen molar-refractivity contribution in [2.45, 2.75) is 63.5 Å². The van der Waals surface area contributed by atoms with E-state index in [2.05, 4.69) is 52.5 Å². The second-order valence-electron chi connectivity index (χ2n) is 7.90. The van der Waals surface area contributed by atoms with Crippen LogP contribution in [0.1, 0.15) is 67.3 Å². The third-order valence-electron chi connectivity index (χ3n) is 6.17. The summed E-state index contributed by atoms with van der Waals surface area (Å²) in [5.74, 6) is 2.57. The first kappa shape index (κ1) is 15.2. The van der Waals surface area contributed by atoms with E-state index < -0.39 is 0 Å². The number of hydrogen-bond acceptors (Lipinski definition) is 4. The zero-order valence-electron chi connectivity index (χ0n) is 14.9. The van der Waals surface area contributed by atoms with Crippen molar-refractivity contribution in [3.63, 3.8) is 0 Å². The number of hydrogen-bond donors (Lipinski definition) is 1. The highest BCUT2D eigenvalue weighted by Crippen LogP contribution is 2.51. The van der Waals surface area contributed by atoms with Crippen molar-refractivity contribution in [3.05, 3.63) is 47.2 Å². The van der Waals surface area contributed by atoms with E-state index in [9.17, 15) is 0 Å². The van der Waals surface area contributed by atoms with Gasteiger partial charge < -0.3 is 10.2 Å². The van der Waals surface area contributed by atoms with Gasteiger partial charge in [0.05, 0.1) is 6.04 Å².